The third-order valence-electron chi connectivity index (χ3n) is 4.32. The van der Waals surface area contributed by atoms with Crippen molar-refractivity contribution in [2.24, 2.45) is 0 Å². The van der Waals surface area contributed by atoms with Crippen LogP contribution in [0.4, 0.5) is 5.69 Å². The van der Waals surface area contributed by atoms with Gasteiger partial charge in [-0.3, -0.25) is 14.5 Å². The first kappa shape index (κ1) is 20.0. The van der Waals surface area contributed by atoms with Gasteiger partial charge in [-0.1, -0.05) is 43.6 Å². The van der Waals surface area contributed by atoms with Crippen LogP contribution >= 0.6 is 11.6 Å². The molecule has 28 heavy (non-hydrogen) atoms. The molecular weight excluding hydrogens is 376 g/mol. The summed E-state index contributed by atoms with van der Waals surface area (Å²) < 4.78 is 5.66. The van der Waals surface area contributed by atoms with E-state index in [-0.39, 0.29) is 17.5 Å². The van der Waals surface area contributed by atoms with Gasteiger partial charge in [0.05, 0.1) is 12.2 Å². The molecule has 0 unspecified atom stereocenters. The van der Waals surface area contributed by atoms with Crippen LogP contribution in [0.5, 0.6) is 5.75 Å². The van der Waals surface area contributed by atoms with Gasteiger partial charge in [0, 0.05) is 23.3 Å². The topological polar surface area (TPSA) is 58.6 Å². The second-order valence-electron chi connectivity index (χ2n) is 6.52. The summed E-state index contributed by atoms with van der Waals surface area (Å²) in [5.41, 5.74) is 1.97. The number of benzene rings is 2. The minimum absolute atomic E-state index is 0.272. The average molecular weight is 399 g/mol. The van der Waals surface area contributed by atoms with E-state index in [0.29, 0.717) is 47.2 Å². The van der Waals surface area contributed by atoms with Crippen LogP contribution in [-0.4, -0.2) is 29.9 Å². The molecular formula is C22H23ClN2O3. The van der Waals surface area contributed by atoms with Crippen LogP contribution in [-0.2, 0) is 9.59 Å². The summed E-state index contributed by atoms with van der Waals surface area (Å²) in [5, 5.41) is 3.72. The smallest absolute Gasteiger partial charge is 0.278 e. The first-order valence-corrected chi connectivity index (χ1v) is 9.79. The number of rotatable bonds is 8. The molecule has 146 valence electrons. The fourth-order valence-corrected chi connectivity index (χ4v) is 3.16. The van der Waals surface area contributed by atoms with Crippen molar-refractivity contribution in [3.8, 4) is 5.75 Å². The van der Waals surface area contributed by atoms with Crippen molar-refractivity contribution >= 4 is 34.7 Å². The molecule has 0 fully saturated rings. The first-order chi connectivity index (χ1) is 13.5. The first-order valence-electron chi connectivity index (χ1n) is 9.41. The van der Waals surface area contributed by atoms with Gasteiger partial charge < -0.3 is 10.1 Å². The number of anilines is 1. The zero-order chi connectivity index (χ0) is 20.1. The van der Waals surface area contributed by atoms with Crippen LogP contribution in [0.3, 0.4) is 0 Å². The molecule has 2 amide bonds. The molecule has 0 aromatic heterocycles. The molecule has 0 saturated carbocycles. The summed E-state index contributed by atoms with van der Waals surface area (Å²) in [6.45, 7) is 4.96. The minimum Gasteiger partial charge on any atom is -0.494 e. The van der Waals surface area contributed by atoms with Crippen molar-refractivity contribution in [2.75, 3.05) is 18.5 Å². The van der Waals surface area contributed by atoms with Crippen LogP contribution < -0.4 is 10.1 Å². The van der Waals surface area contributed by atoms with E-state index in [9.17, 15) is 9.59 Å². The van der Waals surface area contributed by atoms with Gasteiger partial charge in [0.25, 0.3) is 11.8 Å². The fraction of sp³-hybridized carbons (Fsp3) is 0.273. The highest BCUT2D eigenvalue weighted by molar-refractivity contribution is 6.36. The molecule has 0 aliphatic carbocycles. The number of hydrogen-bond donors (Lipinski definition) is 1. The molecule has 0 saturated heterocycles. The van der Waals surface area contributed by atoms with Crippen molar-refractivity contribution < 1.29 is 14.3 Å². The Labute approximate surface area is 169 Å². The summed E-state index contributed by atoms with van der Waals surface area (Å²) in [7, 11) is 0. The number of carbonyl (C=O) groups excluding carboxylic acids is 2. The predicted molar refractivity (Wildman–Crippen MR) is 111 cm³/mol. The van der Waals surface area contributed by atoms with Crippen molar-refractivity contribution in [1.29, 1.82) is 0 Å². The largest absolute Gasteiger partial charge is 0.494 e. The molecule has 0 radical (unpaired) electrons. The summed E-state index contributed by atoms with van der Waals surface area (Å²) in [6.07, 6.45) is 1.60. The molecule has 0 atom stereocenters. The molecule has 6 heteroatoms. The third-order valence-corrected chi connectivity index (χ3v) is 4.58. The number of ether oxygens (including phenoxy) is 1. The lowest BCUT2D eigenvalue weighted by atomic mass is 10.0. The van der Waals surface area contributed by atoms with Gasteiger partial charge >= 0.3 is 0 Å². The molecule has 1 N–H and O–H groups in total. The lowest BCUT2D eigenvalue weighted by molar-refractivity contribution is -0.136. The summed E-state index contributed by atoms with van der Waals surface area (Å²) in [6, 6.07) is 14.3. The molecule has 0 bridgehead atoms. The Morgan fingerprint density at radius 1 is 1.00 bits per heavy atom. The van der Waals surface area contributed by atoms with Crippen LogP contribution in [0.1, 0.15) is 32.3 Å². The number of nitrogens with one attached hydrogen (secondary N) is 1. The van der Waals surface area contributed by atoms with Crippen LogP contribution in [0.25, 0.3) is 5.57 Å². The summed E-state index contributed by atoms with van der Waals surface area (Å²) in [5.74, 6) is 0.0921. The van der Waals surface area contributed by atoms with Gasteiger partial charge in [-0.2, -0.15) is 0 Å². The number of amides is 2. The van der Waals surface area contributed by atoms with E-state index in [4.69, 9.17) is 16.3 Å². The molecule has 1 heterocycles. The van der Waals surface area contributed by atoms with E-state index >= 15 is 0 Å². The zero-order valence-electron chi connectivity index (χ0n) is 16.0. The number of imide groups is 1. The molecule has 5 nitrogen and oxygen atoms in total. The lowest BCUT2D eigenvalue weighted by Crippen LogP contribution is -2.33. The minimum atomic E-state index is -0.323. The zero-order valence-corrected chi connectivity index (χ0v) is 16.8. The normalized spacial score (nSPS) is 14.0. The number of hydrogen-bond acceptors (Lipinski definition) is 4. The standard InChI is InChI=1S/C22H23ClN2O3/c1-3-12-25-21(26)19(15-8-10-16(23)11-9-15)20(22(25)27)24-17-6-5-7-18(14-17)28-13-4-2/h5-11,14,24H,3-4,12-13H2,1-2H3. The molecule has 1 aliphatic rings. The van der Waals surface area contributed by atoms with Crippen molar-refractivity contribution in [3.05, 3.63) is 64.8 Å². The molecule has 2 aromatic rings. The fourth-order valence-electron chi connectivity index (χ4n) is 3.03. The van der Waals surface area contributed by atoms with Crippen molar-refractivity contribution in [3.63, 3.8) is 0 Å². The maximum Gasteiger partial charge on any atom is 0.278 e. The lowest BCUT2D eigenvalue weighted by Gasteiger charge is -2.14. The van der Waals surface area contributed by atoms with Gasteiger partial charge in [-0.25, -0.2) is 0 Å². The monoisotopic (exact) mass is 398 g/mol. The number of nitrogens with zero attached hydrogens (tertiary/aromatic N) is 1. The van der Waals surface area contributed by atoms with Gasteiger partial charge in [-0.15, -0.1) is 0 Å². The van der Waals surface area contributed by atoms with Crippen LogP contribution in [0.15, 0.2) is 54.2 Å². The Hall–Kier alpha value is -2.79. The molecule has 0 spiro atoms. The quantitative estimate of drug-likeness (QED) is 0.653. The Morgan fingerprint density at radius 2 is 1.75 bits per heavy atom. The summed E-state index contributed by atoms with van der Waals surface area (Å²) in [4.78, 5) is 27.2. The van der Waals surface area contributed by atoms with E-state index in [1.54, 1.807) is 24.3 Å². The Kier molecular flexibility index (Phi) is 6.37. The SMILES string of the molecule is CCCOc1cccc(NC2=C(c3ccc(Cl)cc3)C(=O)N(CCC)C2=O)c1. The second-order valence-corrected chi connectivity index (χ2v) is 6.96. The molecule has 2 aromatic carbocycles. The van der Waals surface area contributed by atoms with E-state index in [1.807, 2.05) is 38.1 Å². The van der Waals surface area contributed by atoms with Gasteiger partial charge in [0.2, 0.25) is 0 Å². The van der Waals surface area contributed by atoms with E-state index in [1.165, 1.54) is 4.90 Å². The number of carbonyl (C=O) groups is 2. The maximum atomic E-state index is 12.9. The summed E-state index contributed by atoms with van der Waals surface area (Å²) >= 11 is 5.98. The van der Waals surface area contributed by atoms with Crippen molar-refractivity contribution in [2.45, 2.75) is 26.7 Å². The van der Waals surface area contributed by atoms with E-state index in [0.717, 1.165) is 6.42 Å². The second kappa shape index (κ2) is 8.93. The maximum absolute atomic E-state index is 12.9. The Morgan fingerprint density at radius 3 is 2.43 bits per heavy atom. The van der Waals surface area contributed by atoms with Gasteiger partial charge in [0.1, 0.15) is 11.4 Å². The van der Waals surface area contributed by atoms with Crippen LogP contribution in [0.2, 0.25) is 5.02 Å². The van der Waals surface area contributed by atoms with Gasteiger partial charge in [-0.05, 0) is 42.7 Å². The van der Waals surface area contributed by atoms with Crippen molar-refractivity contribution in [1.82, 2.24) is 4.90 Å². The van der Waals surface area contributed by atoms with E-state index < -0.39 is 0 Å². The predicted octanol–water partition coefficient (Wildman–Crippen LogP) is 4.73. The van der Waals surface area contributed by atoms with Gasteiger partial charge in [0.15, 0.2) is 0 Å². The van der Waals surface area contributed by atoms with E-state index in [2.05, 4.69) is 5.32 Å². The molecule has 1 aliphatic heterocycles. The average Bonchev–Trinajstić information content (AvgIpc) is 2.92. The Balaban J connectivity index is 1.99. The number of halogens is 1. The Bertz CT molecular complexity index is 906. The third kappa shape index (κ3) is 4.20. The molecule has 3 rings (SSSR count). The van der Waals surface area contributed by atoms with Crippen LogP contribution in [0, 0.1) is 0 Å². The highest BCUT2D eigenvalue weighted by atomic mass is 35.5. The highest BCUT2D eigenvalue weighted by Gasteiger charge is 2.38. The highest BCUT2D eigenvalue weighted by Crippen LogP contribution is 2.31.